The predicted octanol–water partition coefficient (Wildman–Crippen LogP) is 3.49. The zero-order valence-electron chi connectivity index (χ0n) is 15.7. The van der Waals surface area contributed by atoms with E-state index in [0.717, 1.165) is 37.0 Å². The third-order valence-corrected chi connectivity index (χ3v) is 5.47. The van der Waals surface area contributed by atoms with Crippen LogP contribution >= 0.6 is 0 Å². The molecule has 3 aromatic rings. The minimum absolute atomic E-state index is 0.0837. The Morgan fingerprint density at radius 2 is 2.00 bits per heavy atom. The number of aromatic nitrogens is 2. The second kappa shape index (κ2) is 7.48. The lowest BCUT2D eigenvalue weighted by Gasteiger charge is -2.36. The fourth-order valence-corrected chi connectivity index (χ4v) is 3.71. The van der Waals surface area contributed by atoms with Gasteiger partial charge in [-0.1, -0.05) is 35.5 Å². The average Bonchev–Trinajstić information content (AvgIpc) is 3.09. The lowest BCUT2D eigenvalue weighted by atomic mass is 10.00. The summed E-state index contributed by atoms with van der Waals surface area (Å²) in [6.07, 6.45) is 3.45. The van der Waals surface area contributed by atoms with Crippen LogP contribution < -0.4 is 5.32 Å². The van der Waals surface area contributed by atoms with Gasteiger partial charge in [-0.25, -0.2) is 4.98 Å². The van der Waals surface area contributed by atoms with Crippen molar-refractivity contribution in [2.24, 2.45) is 0 Å². The van der Waals surface area contributed by atoms with Crippen LogP contribution in [-0.2, 0) is 0 Å². The van der Waals surface area contributed by atoms with E-state index in [1.165, 1.54) is 5.56 Å². The van der Waals surface area contributed by atoms with E-state index in [-0.39, 0.29) is 11.9 Å². The smallest absolute Gasteiger partial charge is 0.257 e. The summed E-state index contributed by atoms with van der Waals surface area (Å²) in [7, 11) is 0. The van der Waals surface area contributed by atoms with Gasteiger partial charge in [-0.2, -0.15) is 0 Å². The van der Waals surface area contributed by atoms with E-state index in [1.807, 2.05) is 13.0 Å². The van der Waals surface area contributed by atoms with Crippen LogP contribution in [-0.4, -0.2) is 40.1 Å². The molecule has 0 aliphatic carbocycles. The van der Waals surface area contributed by atoms with Crippen LogP contribution in [0.15, 0.2) is 47.1 Å². The van der Waals surface area contributed by atoms with Gasteiger partial charge in [-0.05, 0) is 38.3 Å². The fraction of sp³-hybridized carbons (Fsp3) is 0.381. The quantitative estimate of drug-likeness (QED) is 0.767. The van der Waals surface area contributed by atoms with Crippen LogP contribution in [0.3, 0.4) is 0 Å². The molecule has 140 valence electrons. The Bertz CT molecular complexity index is 930. The first-order chi connectivity index (χ1) is 13.1. The number of carbonyl (C=O) groups is 1. The zero-order chi connectivity index (χ0) is 18.8. The highest BCUT2D eigenvalue weighted by Gasteiger charge is 2.25. The zero-order valence-corrected chi connectivity index (χ0v) is 15.7. The predicted molar refractivity (Wildman–Crippen MR) is 103 cm³/mol. The Morgan fingerprint density at radius 3 is 2.74 bits per heavy atom. The van der Waals surface area contributed by atoms with Crippen molar-refractivity contribution in [3.63, 3.8) is 0 Å². The van der Waals surface area contributed by atoms with Crippen molar-refractivity contribution in [2.45, 2.75) is 38.8 Å². The van der Waals surface area contributed by atoms with Crippen molar-refractivity contribution in [3.8, 4) is 0 Å². The minimum Gasteiger partial charge on any atom is -0.349 e. The molecule has 1 aromatic carbocycles. The molecule has 1 saturated heterocycles. The molecule has 4 rings (SSSR count). The van der Waals surface area contributed by atoms with Crippen molar-refractivity contribution in [2.75, 3.05) is 13.1 Å². The molecule has 6 heteroatoms. The number of hydrogen-bond acceptors (Lipinski definition) is 5. The highest BCUT2D eigenvalue weighted by atomic mass is 16.5. The summed E-state index contributed by atoms with van der Waals surface area (Å²) in [6, 6.07) is 13.0. The van der Waals surface area contributed by atoms with Gasteiger partial charge in [0.25, 0.3) is 11.6 Å². The normalized spacial score (nSPS) is 17.1. The Balaban J connectivity index is 1.35. The Morgan fingerprint density at radius 1 is 1.26 bits per heavy atom. The molecule has 3 heterocycles. The Hall–Kier alpha value is -2.73. The highest BCUT2D eigenvalue weighted by molar-refractivity contribution is 5.97. The monoisotopic (exact) mass is 364 g/mol. The SMILES string of the molecule is Cc1noc2ncc(C(=O)NC3CCN(C(C)c4ccccc4)CC3)cc12. The first-order valence-corrected chi connectivity index (χ1v) is 9.43. The van der Waals surface area contributed by atoms with E-state index >= 15 is 0 Å². The summed E-state index contributed by atoms with van der Waals surface area (Å²) in [5.74, 6) is -0.0837. The molecule has 0 radical (unpaired) electrons. The van der Waals surface area contributed by atoms with Gasteiger partial charge in [0.15, 0.2) is 0 Å². The summed E-state index contributed by atoms with van der Waals surface area (Å²) >= 11 is 0. The fourth-order valence-electron chi connectivity index (χ4n) is 3.71. The number of carbonyl (C=O) groups excluding carboxylic acids is 1. The molecule has 1 atom stereocenters. The van der Waals surface area contributed by atoms with E-state index < -0.39 is 0 Å². The number of pyridine rings is 1. The van der Waals surface area contributed by atoms with Crippen LogP contribution in [0.1, 0.15) is 47.4 Å². The lowest BCUT2D eigenvalue weighted by Crippen LogP contribution is -2.45. The summed E-state index contributed by atoms with van der Waals surface area (Å²) < 4.78 is 5.11. The number of rotatable bonds is 4. The van der Waals surface area contributed by atoms with Gasteiger partial charge in [0.2, 0.25) is 0 Å². The van der Waals surface area contributed by atoms with Crippen molar-refractivity contribution < 1.29 is 9.32 Å². The van der Waals surface area contributed by atoms with Gasteiger partial charge in [0, 0.05) is 31.4 Å². The van der Waals surface area contributed by atoms with E-state index in [2.05, 4.69) is 51.5 Å². The molecular formula is C21H24N4O2. The van der Waals surface area contributed by atoms with Crippen molar-refractivity contribution in [1.29, 1.82) is 0 Å². The number of benzene rings is 1. The summed E-state index contributed by atoms with van der Waals surface area (Å²) in [5, 5.41) is 7.83. The molecular weight excluding hydrogens is 340 g/mol. The van der Waals surface area contributed by atoms with Crippen LogP contribution in [0, 0.1) is 6.92 Å². The molecule has 0 saturated carbocycles. The number of hydrogen-bond donors (Lipinski definition) is 1. The molecule has 1 aliphatic heterocycles. The van der Waals surface area contributed by atoms with Crippen molar-refractivity contribution >= 4 is 17.0 Å². The summed E-state index contributed by atoms with van der Waals surface area (Å²) in [5.41, 5.74) is 3.10. The number of nitrogens with one attached hydrogen (secondary N) is 1. The van der Waals surface area contributed by atoms with Gasteiger partial charge < -0.3 is 9.84 Å². The average molecular weight is 364 g/mol. The number of fused-ring (bicyclic) bond motifs is 1. The second-order valence-electron chi connectivity index (χ2n) is 7.22. The topological polar surface area (TPSA) is 71.3 Å². The minimum atomic E-state index is -0.0837. The van der Waals surface area contributed by atoms with Crippen LogP contribution in [0.25, 0.3) is 11.1 Å². The largest absolute Gasteiger partial charge is 0.349 e. The Kier molecular flexibility index (Phi) is 4.90. The van der Waals surface area contributed by atoms with Gasteiger partial charge in [0.1, 0.15) is 0 Å². The maximum absolute atomic E-state index is 12.6. The van der Waals surface area contributed by atoms with Crippen molar-refractivity contribution in [1.82, 2.24) is 20.4 Å². The first kappa shape index (κ1) is 17.7. The summed E-state index contributed by atoms with van der Waals surface area (Å²) in [6.45, 7) is 6.04. The molecule has 2 aromatic heterocycles. The number of nitrogens with zero attached hydrogens (tertiary/aromatic N) is 3. The lowest BCUT2D eigenvalue weighted by molar-refractivity contribution is 0.0896. The van der Waals surface area contributed by atoms with Crippen LogP contribution in [0.4, 0.5) is 0 Å². The van der Waals surface area contributed by atoms with E-state index in [4.69, 9.17) is 4.52 Å². The molecule has 27 heavy (non-hydrogen) atoms. The number of aryl methyl sites for hydroxylation is 1. The molecule has 1 N–H and O–H groups in total. The molecule has 0 spiro atoms. The highest BCUT2D eigenvalue weighted by Crippen LogP contribution is 2.24. The van der Waals surface area contributed by atoms with Crippen LogP contribution in [0.5, 0.6) is 0 Å². The third-order valence-electron chi connectivity index (χ3n) is 5.47. The number of amides is 1. The van der Waals surface area contributed by atoms with Gasteiger partial charge >= 0.3 is 0 Å². The van der Waals surface area contributed by atoms with Gasteiger partial charge in [-0.3, -0.25) is 9.69 Å². The standard InChI is InChI=1S/C21H24N4O2/c1-14-19-12-17(13-22-21(19)27-24-14)20(26)23-18-8-10-25(11-9-18)15(2)16-6-4-3-5-7-16/h3-7,12-13,15,18H,8-11H2,1-2H3,(H,23,26). The molecule has 1 aliphatic rings. The van der Waals surface area contributed by atoms with E-state index in [1.54, 1.807) is 12.3 Å². The van der Waals surface area contributed by atoms with Gasteiger partial charge in [-0.15, -0.1) is 0 Å². The molecule has 1 unspecified atom stereocenters. The molecule has 1 fully saturated rings. The molecule has 6 nitrogen and oxygen atoms in total. The maximum atomic E-state index is 12.6. The Labute approximate surface area is 158 Å². The summed E-state index contributed by atoms with van der Waals surface area (Å²) in [4.78, 5) is 19.3. The molecule has 0 bridgehead atoms. The number of likely N-dealkylation sites (tertiary alicyclic amines) is 1. The number of piperidine rings is 1. The van der Waals surface area contributed by atoms with Crippen LogP contribution in [0.2, 0.25) is 0 Å². The van der Waals surface area contributed by atoms with Gasteiger partial charge in [0.05, 0.1) is 16.6 Å². The molecule has 1 amide bonds. The second-order valence-corrected chi connectivity index (χ2v) is 7.22. The maximum Gasteiger partial charge on any atom is 0.257 e. The van der Waals surface area contributed by atoms with Crippen molar-refractivity contribution in [3.05, 3.63) is 59.4 Å². The van der Waals surface area contributed by atoms with E-state index in [0.29, 0.717) is 17.3 Å². The van der Waals surface area contributed by atoms with E-state index in [9.17, 15) is 4.79 Å². The third kappa shape index (κ3) is 3.71. The first-order valence-electron chi connectivity index (χ1n) is 9.43.